The smallest absolute Gasteiger partial charge is 0.0462 e. The molecular weight excluding hydrogens is 1740 g/mol. The van der Waals surface area contributed by atoms with E-state index in [1.807, 2.05) is 0 Å². The first-order valence-corrected chi connectivity index (χ1v) is 49.0. The Balaban J connectivity index is 0.000000132. The fourth-order valence-electron chi connectivity index (χ4n) is 18.7. The van der Waals surface area contributed by atoms with Gasteiger partial charge in [0.15, 0.2) is 0 Å². The molecule has 0 atom stereocenters. The molecule has 23 aromatic rings. The van der Waals surface area contributed by atoms with Crippen molar-refractivity contribution in [2.45, 2.75) is 0 Å². The number of hydrogen-bond donors (Lipinski definition) is 0. The van der Waals surface area contributed by atoms with Crippen LogP contribution in [-0.2, 0) is 0 Å². The van der Waals surface area contributed by atoms with Gasteiger partial charge in [-0.05, 0) is 307 Å². The summed E-state index contributed by atoms with van der Waals surface area (Å²) in [6.45, 7) is 0. The SMILES string of the molecule is c1ccc(-c2ccc(N(c3ccc(-c4ccccc4)cc3)c3ccc(-c4ccc(N(c5ccc(-c6ccccc6)cc5)c5ccc(-c6ccccc6)cc5)cc4)cc3)cc2)cc1.c1ccc(N(c2ccccc2)c2ccc(-c3ccc(-c4ccc(N(c5ccccc5)c5ccccc5)cc4)cc3)cc2)cc1.c1ccc(N(c2ccccc2)c2ccc(-c3ccc(N(c4ccccc4)c4ccccc4)cc3)cc2)cc1. The number of para-hydroxylation sites is 8. The van der Waals surface area contributed by atoms with Crippen molar-refractivity contribution >= 4 is 102 Å². The zero-order chi connectivity index (χ0) is 96.6. The average Bonchev–Trinajstić information content (AvgIpc) is 0.807. The summed E-state index contributed by atoms with van der Waals surface area (Å²) in [5, 5.41) is 0. The van der Waals surface area contributed by atoms with Crippen molar-refractivity contribution in [3.05, 3.63) is 631 Å². The van der Waals surface area contributed by atoms with Gasteiger partial charge in [-0.3, -0.25) is 0 Å². The highest BCUT2D eigenvalue weighted by atomic mass is 15.2. The molecule has 0 aliphatic carbocycles. The van der Waals surface area contributed by atoms with Gasteiger partial charge in [0.2, 0.25) is 0 Å². The van der Waals surface area contributed by atoms with Crippen LogP contribution in [0.4, 0.5) is 102 Å². The topological polar surface area (TPSA) is 19.4 Å². The lowest BCUT2D eigenvalue weighted by Gasteiger charge is -2.27. The number of nitrogens with zero attached hydrogens (tertiary/aromatic N) is 6. The summed E-state index contributed by atoms with van der Waals surface area (Å²) in [5.74, 6) is 0. The Morgan fingerprint density at radius 1 is 0.0556 bits per heavy atom. The van der Waals surface area contributed by atoms with Crippen molar-refractivity contribution in [3.63, 3.8) is 0 Å². The van der Waals surface area contributed by atoms with Crippen molar-refractivity contribution in [2.24, 2.45) is 0 Å². The molecule has 0 aliphatic rings. The van der Waals surface area contributed by atoms with Gasteiger partial charge in [0.05, 0.1) is 0 Å². The van der Waals surface area contributed by atoms with Gasteiger partial charge in [0.1, 0.15) is 0 Å². The van der Waals surface area contributed by atoms with Crippen molar-refractivity contribution in [1.82, 2.24) is 0 Å². The van der Waals surface area contributed by atoms with E-state index in [1.165, 1.54) is 77.9 Å². The Bertz CT molecular complexity index is 7120. The van der Waals surface area contributed by atoms with Crippen molar-refractivity contribution < 1.29 is 0 Å². The van der Waals surface area contributed by atoms with E-state index in [0.29, 0.717) is 0 Å². The molecule has 0 bridgehead atoms. The summed E-state index contributed by atoms with van der Waals surface area (Å²) in [6.07, 6.45) is 0. The summed E-state index contributed by atoms with van der Waals surface area (Å²) in [7, 11) is 0. The van der Waals surface area contributed by atoms with Crippen LogP contribution in [0.15, 0.2) is 631 Å². The molecule has 23 aromatic carbocycles. The monoisotopic (exact) mass is 1840 g/mol. The van der Waals surface area contributed by atoms with Gasteiger partial charge >= 0.3 is 0 Å². The third-order valence-corrected chi connectivity index (χ3v) is 26.0. The highest BCUT2D eigenvalue weighted by Gasteiger charge is 2.22. The molecule has 0 heterocycles. The quantitative estimate of drug-likeness (QED) is 0.0534. The molecule has 0 saturated carbocycles. The van der Waals surface area contributed by atoms with E-state index in [1.54, 1.807) is 0 Å². The van der Waals surface area contributed by atoms with Crippen LogP contribution in [0.1, 0.15) is 0 Å². The van der Waals surface area contributed by atoms with Crippen molar-refractivity contribution in [3.8, 4) is 89.0 Å². The molecule has 0 fully saturated rings. The molecule has 0 saturated heterocycles. The Hall–Kier alpha value is -19.1. The summed E-state index contributed by atoms with van der Waals surface area (Å²) in [6, 6.07) is 224. The van der Waals surface area contributed by atoms with Crippen LogP contribution in [-0.4, -0.2) is 0 Å². The minimum absolute atomic E-state index is 1.09. The molecule has 0 aromatic heterocycles. The van der Waals surface area contributed by atoms with Gasteiger partial charge in [-0.1, -0.05) is 413 Å². The van der Waals surface area contributed by atoms with E-state index in [0.717, 1.165) is 113 Å². The summed E-state index contributed by atoms with van der Waals surface area (Å²) >= 11 is 0. The predicted molar refractivity (Wildman–Crippen MR) is 611 cm³/mol. The fraction of sp³-hybridized carbons (Fsp3) is 0. The summed E-state index contributed by atoms with van der Waals surface area (Å²) in [4.78, 5) is 13.8. The molecule has 6 heteroatoms. The van der Waals surface area contributed by atoms with E-state index < -0.39 is 0 Å². The van der Waals surface area contributed by atoms with Crippen molar-refractivity contribution in [1.29, 1.82) is 0 Å². The Kier molecular flexibility index (Phi) is 28.2. The highest BCUT2D eigenvalue weighted by Crippen LogP contribution is 2.46. The molecule has 0 aliphatic heterocycles. The van der Waals surface area contributed by atoms with Crippen LogP contribution >= 0.6 is 0 Å². The zero-order valence-electron chi connectivity index (χ0n) is 79.7. The van der Waals surface area contributed by atoms with E-state index in [4.69, 9.17) is 0 Å². The van der Waals surface area contributed by atoms with E-state index in [-0.39, 0.29) is 0 Å². The number of hydrogen-bond acceptors (Lipinski definition) is 6. The number of anilines is 18. The van der Waals surface area contributed by atoms with Crippen LogP contribution in [0.2, 0.25) is 0 Å². The van der Waals surface area contributed by atoms with Crippen LogP contribution in [0.5, 0.6) is 0 Å². The van der Waals surface area contributed by atoms with Crippen LogP contribution in [0.25, 0.3) is 89.0 Å². The summed E-state index contributed by atoms with van der Waals surface area (Å²) in [5.41, 5.74) is 39.3. The second kappa shape index (κ2) is 44.5. The van der Waals surface area contributed by atoms with E-state index in [2.05, 4.69) is 660 Å². The van der Waals surface area contributed by atoms with E-state index in [9.17, 15) is 0 Å². The van der Waals surface area contributed by atoms with Crippen LogP contribution < -0.4 is 29.4 Å². The lowest BCUT2D eigenvalue weighted by molar-refractivity contribution is 1.28. The minimum atomic E-state index is 1.09. The molecule has 6 nitrogen and oxygen atoms in total. The molecule has 0 amide bonds. The van der Waals surface area contributed by atoms with Gasteiger partial charge in [-0.25, -0.2) is 0 Å². The third kappa shape index (κ3) is 21.6. The molecule has 0 unspecified atom stereocenters. The van der Waals surface area contributed by atoms with Crippen LogP contribution in [0, 0.1) is 0 Å². The lowest BCUT2D eigenvalue weighted by atomic mass is 9.99. The predicted octanol–water partition coefficient (Wildman–Crippen LogP) is 39.2. The zero-order valence-corrected chi connectivity index (χ0v) is 79.7. The standard InChI is InChI=1S/C60H44N2.C42H32N2.C36H28N2/c1-5-13-45(14-6-1)49-21-33-55(34-22-49)61(56-35-23-50(24-36-56)46-15-7-2-8-16-46)59-41-29-53(30-42-59)54-31-43-60(44-32-54)62(57-37-25-51(26-38-57)47-17-9-3-10-18-47)58-39-27-52(28-40-58)48-19-11-4-12-20-48;1-5-13-37(14-6-1)43(38-15-7-2-8-16-38)41-29-25-35(26-30-41)33-21-23-34(24-22-33)36-27-31-42(32-28-36)44(39-17-9-3-10-18-39)40-19-11-4-12-20-40;1-5-13-31(14-6-1)37(32-15-7-2-8-16-32)35-25-21-29(22-26-35)30-23-27-36(28-24-30)38(33-17-9-3-10-18-33)34-19-11-4-12-20-34/h1-44H;1-32H;1-28H. The minimum Gasteiger partial charge on any atom is -0.311 e. The average molecular weight is 1850 g/mol. The Morgan fingerprint density at radius 2 is 0.118 bits per heavy atom. The Labute approximate surface area is 845 Å². The maximum Gasteiger partial charge on any atom is 0.0462 e. The molecule has 144 heavy (non-hydrogen) atoms. The molecular formula is C138H104N6. The second-order valence-corrected chi connectivity index (χ2v) is 35.2. The van der Waals surface area contributed by atoms with Gasteiger partial charge in [-0.15, -0.1) is 0 Å². The second-order valence-electron chi connectivity index (χ2n) is 35.2. The molecule has 0 N–H and O–H groups in total. The van der Waals surface area contributed by atoms with Gasteiger partial charge < -0.3 is 29.4 Å². The normalized spacial score (nSPS) is 10.8. The van der Waals surface area contributed by atoms with Gasteiger partial charge in [0.25, 0.3) is 0 Å². The maximum atomic E-state index is 2.33. The molecule has 0 radical (unpaired) electrons. The van der Waals surface area contributed by atoms with Gasteiger partial charge in [-0.2, -0.15) is 0 Å². The Morgan fingerprint density at radius 3 is 0.208 bits per heavy atom. The molecule has 23 rings (SSSR count). The van der Waals surface area contributed by atoms with Gasteiger partial charge in [0, 0.05) is 102 Å². The first-order valence-electron chi connectivity index (χ1n) is 49.0. The lowest BCUT2D eigenvalue weighted by Crippen LogP contribution is -2.10. The fourth-order valence-corrected chi connectivity index (χ4v) is 18.7. The summed E-state index contributed by atoms with van der Waals surface area (Å²) < 4.78 is 0. The maximum absolute atomic E-state index is 2.33. The van der Waals surface area contributed by atoms with Crippen molar-refractivity contribution in [2.75, 3.05) is 29.4 Å². The van der Waals surface area contributed by atoms with Crippen LogP contribution in [0.3, 0.4) is 0 Å². The first-order chi connectivity index (χ1) is 71.4. The molecule has 686 valence electrons. The largest absolute Gasteiger partial charge is 0.311 e. The molecule has 0 spiro atoms. The number of benzene rings is 23. The van der Waals surface area contributed by atoms with E-state index >= 15 is 0 Å². The third-order valence-electron chi connectivity index (χ3n) is 26.0. The first kappa shape index (κ1) is 91.3. The highest BCUT2D eigenvalue weighted by molar-refractivity contribution is 5.88. The number of rotatable bonds is 26.